The number of esters is 1. The Bertz CT molecular complexity index is 440. The van der Waals surface area contributed by atoms with Crippen LogP contribution in [-0.4, -0.2) is 26.3 Å². The van der Waals surface area contributed by atoms with Gasteiger partial charge in [-0.25, -0.2) is 0 Å². The first kappa shape index (κ1) is 13.4. The summed E-state index contributed by atoms with van der Waals surface area (Å²) in [5.41, 5.74) is 0.872. The lowest BCUT2D eigenvalue weighted by atomic mass is 9.77. The highest BCUT2D eigenvalue weighted by atomic mass is 35.5. The van der Waals surface area contributed by atoms with Gasteiger partial charge in [-0.1, -0.05) is 36.7 Å². The molecule has 0 saturated carbocycles. The van der Waals surface area contributed by atoms with Crippen LogP contribution in [0, 0.1) is 5.41 Å². The molecule has 0 aliphatic carbocycles. The van der Waals surface area contributed by atoms with Crippen LogP contribution in [0.25, 0.3) is 0 Å². The van der Waals surface area contributed by atoms with Crippen molar-refractivity contribution in [3.63, 3.8) is 0 Å². The van der Waals surface area contributed by atoms with Gasteiger partial charge in [-0.05, 0) is 18.1 Å². The van der Waals surface area contributed by atoms with E-state index in [0.717, 1.165) is 5.56 Å². The van der Waals surface area contributed by atoms with Crippen LogP contribution in [0.15, 0.2) is 24.3 Å². The third-order valence-electron chi connectivity index (χ3n) is 3.36. The van der Waals surface area contributed by atoms with Crippen LogP contribution in [0.4, 0.5) is 0 Å². The molecule has 3 nitrogen and oxygen atoms in total. The number of halogens is 1. The van der Waals surface area contributed by atoms with Crippen molar-refractivity contribution in [3.05, 3.63) is 34.9 Å². The Morgan fingerprint density at radius 3 is 2.67 bits per heavy atom. The summed E-state index contributed by atoms with van der Waals surface area (Å²) in [5.74, 6) is -0.561. The first-order valence-electron chi connectivity index (χ1n) is 5.96. The summed E-state index contributed by atoms with van der Waals surface area (Å²) in [4.78, 5) is 12.0. The molecule has 18 heavy (non-hydrogen) atoms. The maximum Gasteiger partial charge on any atom is 0.313 e. The van der Waals surface area contributed by atoms with Gasteiger partial charge in [0.2, 0.25) is 0 Å². The van der Waals surface area contributed by atoms with E-state index in [-0.39, 0.29) is 17.3 Å². The van der Waals surface area contributed by atoms with E-state index in [0.29, 0.717) is 24.7 Å². The monoisotopic (exact) mass is 268 g/mol. The first-order chi connectivity index (χ1) is 8.56. The molecular formula is C14H17ClO3. The van der Waals surface area contributed by atoms with Crippen LogP contribution < -0.4 is 0 Å². The van der Waals surface area contributed by atoms with Crippen molar-refractivity contribution in [2.75, 3.05) is 20.3 Å². The van der Waals surface area contributed by atoms with Crippen molar-refractivity contribution in [2.24, 2.45) is 5.41 Å². The predicted molar refractivity (Wildman–Crippen MR) is 69.8 cm³/mol. The van der Waals surface area contributed by atoms with Gasteiger partial charge in [-0.2, -0.15) is 0 Å². The molecule has 1 aliphatic heterocycles. The van der Waals surface area contributed by atoms with Gasteiger partial charge < -0.3 is 9.47 Å². The Balaban J connectivity index is 2.25. The molecule has 0 aromatic heterocycles. The fourth-order valence-electron chi connectivity index (χ4n) is 2.28. The van der Waals surface area contributed by atoms with E-state index in [1.54, 1.807) is 6.07 Å². The van der Waals surface area contributed by atoms with Crippen LogP contribution >= 0.6 is 11.6 Å². The zero-order valence-electron chi connectivity index (χ0n) is 10.6. The van der Waals surface area contributed by atoms with Gasteiger partial charge in [-0.3, -0.25) is 4.79 Å². The van der Waals surface area contributed by atoms with E-state index >= 15 is 0 Å². The second kappa shape index (κ2) is 5.29. The number of benzene rings is 1. The molecule has 1 aromatic rings. The number of hydrogen-bond acceptors (Lipinski definition) is 3. The molecule has 1 atom stereocenters. The summed E-state index contributed by atoms with van der Waals surface area (Å²) in [6.45, 7) is 3.49. The predicted octanol–water partition coefficient (Wildman–Crippen LogP) is 3.02. The Hall–Kier alpha value is -1.06. The van der Waals surface area contributed by atoms with E-state index in [2.05, 4.69) is 6.92 Å². The molecule has 1 aromatic carbocycles. The van der Waals surface area contributed by atoms with Crippen molar-refractivity contribution >= 4 is 17.6 Å². The minimum absolute atomic E-state index is 0.0397. The van der Waals surface area contributed by atoms with Crippen LogP contribution in [-0.2, 0) is 14.3 Å². The topological polar surface area (TPSA) is 35.5 Å². The molecule has 2 rings (SSSR count). The third kappa shape index (κ3) is 2.68. The van der Waals surface area contributed by atoms with Crippen molar-refractivity contribution in [1.82, 2.24) is 0 Å². The average molecular weight is 269 g/mol. The van der Waals surface area contributed by atoms with E-state index in [1.807, 2.05) is 18.2 Å². The standard InChI is InChI=1S/C14H17ClO3/c1-14(8-18-9-14)7-11(13(16)17-2)10-5-3-4-6-12(10)15/h3-6,11H,7-9H2,1-2H3. The molecule has 0 radical (unpaired) electrons. The number of carbonyl (C=O) groups excluding carboxylic acids is 1. The maximum absolute atomic E-state index is 12.0. The molecule has 4 heteroatoms. The van der Waals surface area contributed by atoms with Crippen LogP contribution in [0.1, 0.15) is 24.8 Å². The number of hydrogen-bond donors (Lipinski definition) is 0. The van der Waals surface area contributed by atoms with Crippen molar-refractivity contribution in [1.29, 1.82) is 0 Å². The highest BCUT2D eigenvalue weighted by Crippen LogP contribution is 2.39. The Morgan fingerprint density at radius 2 is 2.17 bits per heavy atom. The van der Waals surface area contributed by atoms with Crippen molar-refractivity contribution in [2.45, 2.75) is 19.3 Å². The zero-order valence-corrected chi connectivity index (χ0v) is 11.4. The summed E-state index contributed by atoms with van der Waals surface area (Å²) < 4.78 is 10.1. The molecule has 1 aliphatic rings. The maximum atomic E-state index is 12.0. The number of rotatable bonds is 4. The largest absolute Gasteiger partial charge is 0.469 e. The Labute approximate surface area is 112 Å². The van der Waals surface area contributed by atoms with Gasteiger partial charge in [0, 0.05) is 10.4 Å². The molecule has 1 unspecified atom stereocenters. The minimum atomic E-state index is -0.322. The summed E-state index contributed by atoms with van der Waals surface area (Å²) in [7, 11) is 1.41. The van der Waals surface area contributed by atoms with E-state index < -0.39 is 0 Å². The molecule has 0 bridgehead atoms. The van der Waals surface area contributed by atoms with Crippen LogP contribution in [0.3, 0.4) is 0 Å². The van der Waals surface area contributed by atoms with Crippen LogP contribution in [0.5, 0.6) is 0 Å². The minimum Gasteiger partial charge on any atom is -0.469 e. The first-order valence-corrected chi connectivity index (χ1v) is 6.33. The lowest BCUT2D eigenvalue weighted by Gasteiger charge is -2.40. The second-order valence-electron chi connectivity index (χ2n) is 5.10. The molecule has 1 fully saturated rings. The Kier molecular flexibility index (Phi) is 3.93. The molecule has 0 spiro atoms. The SMILES string of the molecule is COC(=O)C(CC1(C)COC1)c1ccccc1Cl. The second-order valence-corrected chi connectivity index (χ2v) is 5.51. The van der Waals surface area contributed by atoms with Gasteiger partial charge in [0.1, 0.15) is 0 Å². The number of methoxy groups -OCH3 is 1. The van der Waals surface area contributed by atoms with E-state index in [9.17, 15) is 4.79 Å². The summed E-state index contributed by atoms with van der Waals surface area (Å²) in [6, 6.07) is 7.42. The molecular weight excluding hydrogens is 252 g/mol. The third-order valence-corrected chi connectivity index (χ3v) is 3.71. The van der Waals surface area contributed by atoms with Gasteiger partial charge in [-0.15, -0.1) is 0 Å². The van der Waals surface area contributed by atoms with Crippen LogP contribution in [0.2, 0.25) is 5.02 Å². The van der Waals surface area contributed by atoms with Gasteiger partial charge >= 0.3 is 5.97 Å². The van der Waals surface area contributed by atoms with Gasteiger partial charge in [0.25, 0.3) is 0 Å². The van der Waals surface area contributed by atoms with Gasteiger partial charge in [0.15, 0.2) is 0 Å². The highest BCUT2D eigenvalue weighted by Gasteiger charge is 2.39. The van der Waals surface area contributed by atoms with Crippen molar-refractivity contribution in [3.8, 4) is 0 Å². The molecule has 98 valence electrons. The lowest BCUT2D eigenvalue weighted by molar-refractivity contribution is -0.148. The highest BCUT2D eigenvalue weighted by molar-refractivity contribution is 6.31. The van der Waals surface area contributed by atoms with E-state index in [4.69, 9.17) is 21.1 Å². The smallest absolute Gasteiger partial charge is 0.313 e. The average Bonchev–Trinajstić information content (AvgIpc) is 2.34. The quantitative estimate of drug-likeness (QED) is 0.788. The number of ether oxygens (including phenoxy) is 2. The molecule has 1 heterocycles. The zero-order chi connectivity index (χ0) is 13.2. The normalized spacial score (nSPS) is 18.8. The fraction of sp³-hybridized carbons (Fsp3) is 0.500. The summed E-state index contributed by atoms with van der Waals surface area (Å²) in [6.07, 6.45) is 0.698. The summed E-state index contributed by atoms with van der Waals surface area (Å²) >= 11 is 6.17. The fourth-order valence-corrected chi connectivity index (χ4v) is 2.55. The lowest BCUT2D eigenvalue weighted by Crippen LogP contribution is -2.42. The molecule has 0 amide bonds. The van der Waals surface area contributed by atoms with Gasteiger partial charge in [0.05, 0.1) is 26.2 Å². The molecule has 0 N–H and O–H groups in total. The van der Waals surface area contributed by atoms with E-state index in [1.165, 1.54) is 7.11 Å². The molecule has 1 saturated heterocycles. The Morgan fingerprint density at radius 1 is 1.50 bits per heavy atom. The van der Waals surface area contributed by atoms with Crippen molar-refractivity contribution < 1.29 is 14.3 Å². The summed E-state index contributed by atoms with van der Waals surface area (Å²) in [5, 5.41) is 0.608. The number of carbonyl (C=O) groups is 1.